The molecule has 0 aliphatic carbocycles. The molecule has 1 fully saturated rings. The Bertz CT molecular complexity index is 583. The van der Waals surface area contributed by atoms with Gasteiger partial charge >= 0.3 is 0 Å². The van der Waals surface area contributed by atoms with Crippen molar-refractivity contribution in [2.45, 2.75) is 18.9 Å². The summed E-state index contributed by atoms with van der Waals surface area (Å²) in [6.07, 6.45) is 5.78. The fourth-order valence-electron chi connectivity index (χ4n) is 2.54. The van der Waals surface area contributed by atoms with Crippen molar-refractivity contribution in [1.29, 1.82) is 0 Å². The number of fused-ring (bicyclic) bond motifs is 1. The standard InChI is InChI=1S/C12H14BrClN4/c13-8-4-16-12-10(9(14)5-17-12)11(8)18-3-1-2-7(15)6-18/h4-5,7H,1-3,6,15H2,(H,16,17). The molecule has 4 nitrogen and oxygen atoms in total. The Balaban J connectivity index is 2.14. The highest BCUT2D eigenvalue weighted by atomic mass is 79.9. The maximum absolute atomic E-state index is 6.26. The van der Waals surface area contributed by atoms with Crippen LogP contribution in [0.25, 0.3) is 11.0 Å². The number of rotatable bonds is 1. The van der Waals surface area contributed by atoms with E-state index in [1.165, 1.54) is 0 Å². The van der Waals surface area contributed by atoms with Gasteiger partial charge in [0, 0.05) is 31.5 Å². The lowest BCUT2D eigenvalue weighted by atomic mass is 10.1. The average Bonchev–Trinajstić information content (AvgIpc) is 2.71. The van der Waals surface area contributed by atoms with Crippen molar-refractivity contribution in [2.24, 2.45) is 5.73 Å². The molecule has 0 bridgehead atoms. The summed E-state index contributed by atoms with van der Waals surface area (Å²) in [5, 5.41) is 1.67. The number of hydrogen-bond donors (Lipinski definition) is 2. The maximum Gasteiger partial charge on any atom is 0.140 e. The number of aromatic amines is 1. The van der Waals surface area contributed by atoms with Crippen LogP contribution in [0.4, 0.5) is 5.69 Å². The van der Waals surface area contributed by atoms with Gasteiger partial charge in [0.05, 0.1) is 20.6 Å². The zero-order valence-electron chi connectivity index (χ0n) is 9.79. The molecule has 1 saturated heterocycles. The van der Waals surface area contributed by atoms with Gasteiger partial charge in [0.1, 0.15) is 5.65 Å². The monoisotopic (exact) mass is 328 g/mol. The molecule has 0 aromatic carbocycles. The summed E-state index contributed by atoms with van der Waals surface area (Å²) in [6, 6.07) is 0.228. The van der Waals surface area contributed by atoms with Crippen molar-refractivity contribution in [3.63, 3.8) is 0 Å². The van der Waals surface area contributed by atoms with E-state index in [1.807, 2.05) is 6.20 Å². The van der Waals surface area contributed by atoms with E-state index in [9.17, 15) is 0 Å². The molecule has 3 heterocycles. The zero-order chi connectivity index (χ0) is 12.7. The van der Waals surface area contributed by atoms with Crippen LogP contribution in [0.5, 0.6) is 0 Å². The number of aromatic nitrogens is 2. The molecular weight excluding hydrogens is 316 g/mol. The van der Waals surface area contributed by atoms with E-state index < -0.39 is 0 Å². The highest BCUT2D eigenvalue weighted by molar-refractivity contribution is 9.10. The van der Waals surface area contributed by atoms with Crippen molar-refractivity contribution in [2.75, 3.05) is 18.0 Å². The first-order valence-corrected chi connectivity index (χ1v) is 7.15. The number of nitrogens with zero attached hydrogens (tertiary/aromatic N) is 2. The van der Waals surface area contributed by atoms with Crippen LogP contribution in [0.1, 0.15) is 12.8 Å². The van der Waals surface area contributed by atoms with Crippen LogP contribution in [0.2, 0.25) is 5.02 Å². The Hall–Kier alpha value is -0.780. The number of piperidine rings is 1. The quantitative estimate of drug-likeness (QED) is 0.846. The molecule has 2 aromatic rings. The molecule has 2 aromatic heterocycles. The van der Waals surface area contributed by atoms with Crippen molar-refractivity contribution in [1.82, 2.24) is 9.97 Å². The molecule has 0 amide bonds. The fourth-order valence-corrected chi connectivity index (χ4v) is 3.33. The smallest absolute Gasteiger partial charge is 0.140 e. The highest BCUT2D eigenvalue weighted by Gasteiger charge is 2.22. The van der Waals surface area contributed by atoms with Crippen molar-refractivity contribution >= 4 is 44.3 Å². The third-order valence-electron chi connectivity index (χ3n) is 3.36. The second-order valence-electron chi connectivity index (χ2n) is 4.66. The fraction of sp³-hybridized carbons (Fsp3) is 0.417. The summed E-state index contributed by atoms with van der Waals surface area (Å²) < 4.78 is 0.964. The summed E-state index contributed by atoms with van der Waals surface area (Å²) >= 11 is 9.83. The van der Waals surface area contributed by atoms with Gasteiger partial charge in [-0.15, -0.1) is 0 Å². The van der Waals surface area contributed by atoms with Gasteiger partial charge in [0.2, 0.25) is 0 Å². The number of H-pyrrole nitrogens is 1. The van der Waals surface area contributed by atoms with Gasteiger partial charge in [0.25, 0.3) is 0 Å². The number of pyridine rings is 1. The predicted molar refractivity (Wildman–Crippen MR) is 78.2 cm³/mol. The number of hydrogen-bond acceptors (Lipinski definition) is 3. The van der Waals surface area contributed by atoms with E-state index >= 15 is 0 Å². The normalized spacial score (nSPS) is 20.6. The molecule has 1 aliphatic rings. The SMILES string of the molecule is NC1CCCN(c2c(Br)cnc3[nH]cc(Cl)c23)C1. The largest absolute Gasteiger partial charge is 0.368 e. The van der Waals surface area contributed by atoms with Crippen LogP contribution in [0.3, 0.4) is 0 Å². The summed E-state index contributed by atoms with van der Waals surface area (Å²) in [5.41, 5.74) is 7.97. The molecule has 0 spiro atoms. The van der Waals surface area contributed by atoms with Gasteiger partial charge < -0.3 is 15.6 Å². The second-order valence-corrected chi connectivity index (χ2v) is 5.92. The minimum absolute atomic E-state index is 0.228. The zero-order valence-corrected chi connectivity index (χ0v) is 12.1. The van der Waals surface area contributed by atoms with Crippen LogP contribution >= 0.6 is 27.5 Å². The first-order valence-electron chi connectivity index (χ1n) is 5.98. The lowest BCUT2D eigenvalue weighted by molar-refractivity contribution is 0.506. The molecule has 1 atom stereocenters. The molecular formula is C12H14BrClN4. The number of halogens is 2. The molecule has 3 rings (SSSR count). The van der Waals surface area contributed by atoms with E-state index in [1.54, 1.807) is 6.20 Å². The molecule has 0 saturated carbocycles. The number of anilines is 1. The molecule has 3 N–H and O–H groups in total. The number of nitrogens with two attached hydrogens (primary N) is 1. The van der Waals surface area contributed by atoms with E-state index in [2.05, 4.69) is 30.8 Å². The third-order valence-corrected chi connectivity index (χ3v) is 4.23. The van der Waals surface area contributed by atoms with Crippen molar-refractivity contribution < 1.29 is 0 Å². The lowest BCUT2D eigenvalue weighted by Gasteiger charge is -2.33. The molecule has 6 heteroatoms. The number of nitrogens with one attached hydrogen (secondary N) is 1. The van der Waals surface area contributed by atoms with E-state index in [-0.39, 0.29) is 6.04 Å². The predicted octanol–water partition coefficient (Wildman–Crippen LogP) is 2.91. The Morgan fingerprint density at radius 1 is 1.56 bits per heavy atom. The van der Waals surface area contributed by atoms with Crippen molar-refractivity contribution in [3.05, 3.63) is 21.9 Å². The minimum Gasteiger partial charge on any atom is -0.368 e. The van der Waals surface area contributed by atoms with Gasteiger partial charge in [-0.3, -0.25) is 0 Å². The lowest BCUT2D eigenvalue weighted by Crippen LogP contribution is -2.43. The van der Waals surface area contributed by atoms with Gasteiger partial charge in [-0.2, -0.15) is 0 Å². The molecule has 18 heavy (non-hydrogen) atoms. The van der Waals surface area contributed by atoms with E-state index in [0.717, 1.165) is 47.1 Å². The van der Waals surface area contributed by atoms with Crippen LogP contribution in [0.15, 0.2) is 16.9 Å². The van der Waals surface area contributed by atoms with Crippen molar-refractivity contribution in [3.8, 4) is 0 Å². The van der Waals surface area contributed by atoms with Gasteiger partial charge in [-0.05, 0) is 28.8 Å². The van der Waals surface area contributed by atoms with Gasteiger partial charge in [-0.25, -0.2) is 4.98 Å². The molecule has 96 valence electrons. The molecule has 0 radical (unpaired) electrons. The summed E-state index contributed by atoms with van der Waals surface area (Å²) in [6.45, 7) is 1.87. The average molecular weight is 330 g/mol. The highest BCUT2D eigenvalue weighted by Crippen LogP contribution is 2.38. The summed E-state index contributed by atoms with van der Waals surface area (Å²) in [4.78, 5) is 9.71. The Kier molecular flexibility index (Phi) is 3.21. The van der Waals surface area contributed by atoms with Gasteiger partial charge in [-0.1, -0.05) is 11.6 Å². The van der Waals surface area contributed by atoms with Crippen LogP contribution < -0.4 is 10.6 Å². The first kappa shape index (κ1) is 12.3. The van der Waals surface area contributed by atoms with Gasteiger partial charge in [0.15, 0.2) is 0 Å². The minimum atomic E-state index is 0.228. The Labute approximate surface area is 119 Å². The second kappa shape index (κ2) is 4.72. The van der Waals surface area contributed by atoms with E-state index in [4.69, 9.17) is 17.3 Å². The van der Waals surface area contributed by atoms with Crippen LogP contribution in [-0.2, 0) is 0 Å². The van der Waals surface area contributed by atoms with Crippen LogP contribution in [0, 0.1) is 0 Å². The summed E-state index contributed by atoms with van der Waals surface area (Å²) in [7, 11) is 0. The third kappa shape index (κ3) is 2.00. The maximum atomic E-state index is 6.26. The van der Waals surface area contributed by atoms with E-state index in [0.29, 0.717) is 5.02 Å². The molecule has 1 unspecified atom stereocenters. The topological polar surface area (TPSA) is 57.9 Å². The first-order chi connectivity index (χ1) is 8.66. The Morgan fingerprint density at radius 3 is 3.17 bits per heavy atom. The van der Waals surface area contributed by atoms with Crippen LogP contribution in [-0.4, -0.2) is 29.1 Å². The molecule has 1 aliphatic heterocycles. The summed E-state index contributed by atoms with van der Waals surface area (Å²) in [5.74, 6) is 0. The Morgan fingerprint density at radius 2 is 2.39 bits per heavy atom.